The molecule has 0 saturated carbocycles. The molecule has 0 aliphatic rings. The molecule has 72 valence electrons. The topological polar surface area (TPSA) is 67.6 Å². The summed E-state index contributed by atoms with van der Waals surface area (Å²) in [6, 6.07) is 5.37. The standard InChI is InChI=1S/C9H9ClN4/c1-5-12-8(9(10)13-5)6-3-2-4-7(11)14-6/h2-4H,1H3,(H2,11,14)(H,12,13). The molecule has 2 heterocycles. The number of nitrogen functional groups attached to an aromatic ring is 1. The Bertz CT molecular complexity index is 464. The van der Waals surface area contributed by atoms with E-state index >= 15 is 0 Å². The van der Waals surface area contributed by atoms with Gasteiger partial charge >= 0.3 is 0 Å². The van der Waals surface area contributed by atoms with Crippen LogP contribution in [0.1, 0.15) is 5.82 Å². The Morgan fingerprint density at radius 3 is 2.71 bits per heavy atom. The first kappa shape index (κ1) is 9.02. The fourth-order valence-corrected chi connectivity index (χ4v) is 1.49. The lowest BCUT2D eigenvalue weighted by atomic mass is 10.3. The molecule has 0 amide bonds. The van der Waals surface area contributed by atoms with Gasteiger partial charge in [-0.25, -0.2) is 9.97 Å². The van der Waals surface area contributed by atoms with Crippen molar-refractivity contribution >= 4 is 17.4 Å². The second-order valence-corrected chi connectivity index (χ2v) is 3.29. The highest BCUT2D eigenvalue weighted by atomic mass is 35.5. The number of pyridine rings is 1. The normalized spacial score (nSPS) is 10.4. The van der Waals surface area contributed by atoms with Crippen molar-refractivity contribution in [3.8, 4) is 11.4 Å². The highest BCUT2D eigenvalue weighted by Crippen LogP contribution is 2.23. The third-order valence-electron chi connectivity index (χ3n) is 1.80. The van der Waals surface area contributed by atoms with Crippen LogP contribution in [-0.2, 0) is 0 Å². The van der Waals surface area contributed by atoms with Gasteiger partial charge < -0.3 is 10.7 Å². The number of aromatic nitrogens is 3. The van der Waals surface area contributed by atoms with Gasteiger partial charge in [-0.3, -0.25) is 0 Å². The van der Waals surface area contributed by atoms with Crippen LogP contribution in [0.25, 0.3) is 11.4 Å². The monoisotopic (exact) mass is 208 g/mol. The lowest BCUT2D eigenvalue weighted by Gasteiger charge is -1.98. The summed E-state index contributed by atoms with van der Waals surface area (Å²) in [4.78, 5) is 11.2. The zero-order chi connectivity index (χ0) is 10.1. The minimum Gasteiger partial charge on any atom is -0.384 e. The molecule has 0 unspecified atom stereocenters. The molecule has 0 spiro atoms. The molecule has 0 aliphatic carbocycles. The van der Waals surface area contributed by atoms with E-state index in [2.05, 4.69) is 15.0 Å². The molecule has 0 atom stereocenters. The average Bonchev–Trinajstić information content (AvgIpc) is 2.45. The number of halogens is 1. The van der Waals surface area contributed by atoms with Gasteiger partial charge in [-0.2, -0.15) is 0 Å². The number of imidazole rings is 1. The van der Waals surface area contributed by atoms with Crippen molar-refractivity contribution in [2.45, 2.75) is 6.92 Å². The summed E-state index contributed by atoms with van der Waals surface area (Å²) in [6.07, 6.45) is 0. The quantitative estimate of drug-likeness (QED) is 0.754. The zero-order valence-electron chi connectivity index (χ0n) is 7.58. The molecule has 2 aromatic rings. The van der Waals surface area contributed by atoms with E-state index in [0.717, 1.165) is 5.82 Å². The number of nitrogens with zero attached hydrogens (tertiary/aromatic N) is 2. The fourth-order valence-electron chi connectivity index (χ4n) is 1.22. The number of H-pyrrole nitrogens is 1. The highest BCUT2D eigenvalue weighted by Gasteiger charge is 2.09. The van der Waals surface area contributed by atoms with Gasteiger partial charge in [0.05, 0.1) is 5.69 Å². The Balaban J connectivity index is 2.54. The Kier molecular flexibility index (Phi) is 2.13. The Morgan fingerprint density at radius 2 is 2.14 bits per heavy atom. The summed E-state index contributed by atoms with van der Waals surface area (Å²) in [6.45, 7) is 1.83. The van der Waals surface area contributed by atoms with Gasteiger partial charge in [0.2, 0.25) is 0 Å². The molecule has 4 nitrogen and oxygen atoms in total. The van der Waals surface area contributed by atoms with Crippen molar-refractivity contribution in [3.05, 3.63) is 29.2 Å². The van der Waals surface area contributed by atoms with Gasteiger partial charge in [0.1, 0.15) is 17.3 Å². The van der Waals surface area contributed by atoms with E-state index in [1.54, 1.807) is 6.07 Å². The van der Waals surface area contributed by atoms with Crippen molar-refractivity contribution < 1.29 is 0 Å². The third-order valence-corrected chi connectivity index (χ3v) is 2.08. The summed E-state index contributed by atoms with van der Waals surface area (Å²) in [5.41, 5.74) is 6.97. The Labute approximate surface area is 86.1 Å². The van der Waals surface area contributed by atoms with Gasteiger partial charge in [-0.05, 0) is 19.1 Å². The number of anilines is 1. The van der Waals surface area contributed by atoms with E-state index in [-0.39, 0.29) is 0 Å². The molecule has 3 N–H and O–H groups in total. The molecule has 0 aromatic carbocycles. The number of aromatic amines is 1. The molecule has 0 saturated heterocycles. The van der Waals surface area contributed by atoms with Crippen molar-refractivity contribution in [2.24, 2.45) is 0 Å². The predicted octanol–water partition coefficient (Wildman–Crippen LogP) is 2.02. The van der Waals surface area contributed by atoms with Crippen LogP contribution in [0.2, 0.25) is 5.15 Å². The average molecular weight is 209 g/mol. The van der Waals surface area contributed by atoms with Crippen molar-refractivity contribution in [1.82, 2.24) is 15.0 Å². The Morgan fingerprint density at radius 1 is 1.36 bits per heavy atom. The van der Waals surface area contributed by atoms with Crippen molar-refractivity contribution in [2.75, 3.05) is 5.73 Å². The summed E-state index contributed by atoms with van der Waals surface area (Å²) >= 11 is 5.91. The number of hydrogen-bond donors (Lipinski definition) is 2. The van der Waals surface area contributed by atoms with Gasteiger partial charge in [-0.1, -0.05) is 17.7 Å². The van der Waals surface area contributed by atoms with E-state index in [1.165, 1.54) is 0 Å². The molecule has 0 aliphatic heterocycles. The zero-order valence-corrected chi connectivity index (χ0v) is 8.34. The minimum atomic E-state index is 0.417. The van der Waals surface area contributed by atoms with E-state index in [1.807, 2.05) is 19.1 Å². The first-order chi connectivity index (χ1) is 6.66. The lowest BCUT2D eigenvalue weighted by Crippen LogP contribution is -1.91. The van der Waals surface area contributed by atoms with Gasteiger partial charge in [0, 0.05) is 0 Å². The largest absolute Gasteiger partial charge is 0.384 e. The molecular weight excluding hydrogens is 200 g/mol. The maximum atomic E-state index is 5.91. The molecule has 5 heteroatoms. The number of aryl methyl sites for hydroxylation is 1. The number of hydrogen-bond acceptors (Lipinski definition) is 3. The lowest BCUT2D eigenvalue weighted by molar-refractivity contribution is 1.15. The highest BCUT2D eigenvalue weighted by molar-refractivity contribution is 6.31. The Hall–Kier alpha value is -1.55. The van der Waals surface area contributed by atoms with Gasteiger partial charge in [-0.15, -0.1) is 0 Å². The molecular formula is C9H9ClN4. The molecule has 0 radical (unpaired) electrons. The van der Waals surface area contributed by atoms with Gasteiger partial charge in [0.15, 0.2) is 5.15 Å². The SMILES string of the molecule is Cc1nc(Cl)c(-c2cccc(N)n2)[nH]1. The second kappa shape index (κ2) is 3.31. The number of nitrogens with one attached hydrogen (secondary N) is 1. The number of rotatable bonds is 1. The van der Waals surface area contributed by atoms with Crippen LogP contribution < -0.4 is 5.73 Å². The first-order valence-electron chi connectivity index (χ1n) is 4.12. The van der Waals surface area contributed by atoms with E-state index in [4.69, 9.17) is 17.3 Å². The van der Waals surface area contributed by atoms with E-state index in [9.17, 15) is 0 Å². The smallest absolute Gasteiger partial charge is 0.156 e. The van der Waals surface area contributed by atoms with Crippen LogP contribution in [0.5, 0.6) is 0 Å². The van der Waals surface area contributed by atoms with Crippen molar-refractivity contribution in [3.63, 3.8) is 0 Å². The molecule has 0 fully saturated rings. The van der Waals surface area contributed by atoms with E-state index < -0.39 is 0 Å². The summed E-state index contributed by atoms with van der Waals surface area (Å²) in [5, 5.41) is 0.417. The van der Waals surface area contributed by atoms with Crippen LogP contribution in [0, 0.1) is 6.92 Å². The third kappa shape index (κ3) is 1.56. The number of nitrogens with two attached hydrogens (primary N) is 1. The minimum absolute atomic E-state index is 0.417. The fraction of sp³-hybridized carbons (Fsp3) is 0.111. The van der Waals surface area contributed by atoms with Crippen LogP contribution in [0.15, 0.2) is 18.2 Å². The van der Waals surface area contributed by atoms with Crippen LogP contribution in [-0.4, -0.2) is 15.0 Å². The summed E-state index contributed by atoms with van der Waals surface area (Å²) in [5.74, 6) is 1.22. The maximum Gasteiger partial charge on any atom is 0.156 e. The van der Waals surface area contributed by atoms with Crippen LogP contribution in [0.3, 0.4) is 0 Å². The van der Waals surface area contributed by atoms with E-state index in [0.29, 0.717) is 22.4 Å². The predicted molar refractivity (Wildman–Crippen MR) is 56.0 cm³/mol. The summed E-state index contributed by atoms with van der Waals surface area (Å²) in [7, 11) is 0. The summed E-state index contributed by atoms with van der Waals surface area (Å²) < 4.78 is 0. The van der Waals surface area contributed by atoms with Crippen molar-refractivity contribution in [1.29, 1.82) is 0 Å². The molecule has 2 rings (SSSR count). The molecule has 2 aromatic heterocycles. The molecule has 14 heavy (non-hydrogen) atoms. The van der Waals surface area contributed by atoms with Gasteiger partial charge in [0.25, 0.3) is 0 Å². The second-order valence-electron chi connectivity index (χ2n) is 2.94. The molecule has 0 bridgehead atoms. The first-order valence-corrected chi connectivity index (χ1v) is 4.49. The maximum absolute atomic E-state index is 5.91. The van der Waals surface area contributed by atoms with Crippen LogP contribution in [0.4, 0.5) is 5.82 Å². The van der Waals surface area contributed by atoms with Crippen LogP contribution >= 0.6 is 11.6 Å².